The number of hydrogen-bond donors (Lipinski definition) is 0. The summed E-state index contributed by atoms with van der Waals surface area (Å²) in [6, 6.07) is 126. The Morgan fingerprint density at radius 1 is 0.213 bits per heavy atom. The molecule has 0 spiro atoms. The van der Waals surface area contributed by atoms with Crippen LogP contribution in [0.15, 0.2) is 373 Å². The summed E-state index contributed by atoms with van der Waals surface area (Å²) >= 11 is 3.77. The normalized spacial score (nSPS) is 11.7. The molecule has 108 heavy (non-hydrogen) atoms. The fourth-order valence-corrected chi connectivity index (χ4v) is 18.6. The summed E-state index contributed by atoms with van der Waals surface area (Å²) in [4.78, 5) is 19.7. The second kappa shape index (κ2) is 26.1. The number of rotatable bonds is 10. The van der Waals surface area contributed by atoms with Crippen molar-refractivity contribution >= 4 is 129 Å². The maximum absolute atomic E-state index is 6.24. The molecule has 0 aliphatic rings. The van der Waals surface area contributed by atoms with Gasteiger partial charge < -0.3 is 8.83 Å². The van der Waals surface area contributed by atoms with Gasteiger partial charge in [-0.3, -0.25) is 0 Å². The Bertz CT molecular complexity index is 7320. The van der Waals surface area contributed by atoms with Crippen molar-refractivity contribution in [3.05, 3.63) is 364 Å². The van der Waals surface area contributed by atoms with Crippen LogP contribution in [0.3, 0.4) is 0 Å². The van der Waals surface area contributed by atoms with Crippen LogP contribution in [0.1, 0.15) is 0 Å². The van der Waals surface area contributed by atoms with Gasteiger partial charge in [-0.1, -0.05) is 309 Å². The van der Waals surface area contributed by atoms with Crippen molar-refractivity contribution in [2.24, 2.45) is 0 Å². The zero-order chi connectivity index (χ0) is 71.2. The molecule has 8 heteroatoms. The quantitative estimate of drug-likeness (QED) is 0.136. The highest BCUT2D eigenvalue weighted by Gasteiger charge is 2.21. The molecule has 0 aliphatic carbocycles. The molecular weight excluding hydrogens is 1350 g/mol. The smallest absolute Gasteiger partial charge is 0.246 e. The fraction of sp³-hybridized carbons (Fsp3) is 0. The summed E-state index contributed by atoms with van der Waals surface area (Å²) in [5, 5.41) is 11.7. The Balaban J connectivity index is 0.000000138. The summed E-state index contributed by atoms with van der Waals surface area (Å²) in [6.45, 7) is 0. The number of benzene rings is 16. The van der Waals surface area contributed by atoms with Gasteiger partial charge in [-0.25, -0.2) is 19.9 Å². The van der Waals surface area contributed by atoms with Gasteiger partial charge in [-0.2, -0.15) is 0 Å². The van der Waals surface area contributed by atoms with Gasteiger partial charge in [0.05, 0.1) is 34.6 Å². The molecule has 0 N–H and O–H groups in total. The van der Waals surface area contributed by atoms with E-state index in [1.807, 2.05) is 47.2 Å². The van der Waals surface area contributed by atoms with Crippen LogP contribution in [0.5, 0.6) is 0 Å². The first-order valence-electron chi connectivity index (χ1n) is 36.3. The van der Waals surface area contributed by atoms with Crippen LogP contribution in [0.25, 0.3) is 218 Å². The van der Waals surface area contributed by atoms with Crippen molar-refractivity contribution in [1.82, 2.24) is 19.9 Å². The third kappa shape index (κ3) is 11.0. The van der Waals surface area contributed by atoms with Crippen molar-refractivity contribution < 1.29 is 8.83 Å². The van der Waals surface area contributed by atoms with Crippen molar-refractivity contribution in [3.63, 3.8) is 0 Å². The van der Waals surface area contributed by atoms with E-state index >= 15 is 0 Å². The Hall–Kier alpha value is -13.8. The standard InChI is InChI=1S/2C50H30N2OS/c1-2-11-31(12-3-1)33-14-6-17-36(27-33)40-21-9-23-42-43-24-10-22-41(49(43)54-48(40)42)37-18-7-15-34(28-37)35-16-8-19-38(29-35)44-30-51-47-46-39-20-5-4-13-32(39)25-26-45(46)53-50(47)52-44;1-2-10-31(11-3-1)32-22-24-34(25-23-32)40-18-8-20-42-43-21-9-19-41(49(43)54-48(40)42)37-15-6-13-35(28-37)36-14-7-16-38(29-36)44-30-51-47-46-39-17-5-4-12-33(39)26-27-45(46)53-50(47)52-44/h2*1-30H. The van der Waals surface area contributed by atoms with Crippen molar-refractivity contribution in [1.29, 1.82) is 0 Å². The monoisotopic (exact) mass is 1410 g/mol. The number of fused-ring (bicyclic) bond motifs is 16. The van der Waals surface area contributed by atoms with E-state index in [4.69, 9.17) is 28.8 Å². The predicted molar refractivity (Wildman–Crippen MR) is 454 cm³/mol. The summed E-state index contributed by atoms with van der Waals surface area (Å²) in [7, 11) is 0. The molecule has 0 atom stereocenters. The maximum Gasteiger partial charge on any atom is 0.246 e. The molecule has 6 aromatic heterocycles. The molecule has 16 aromatic carbocycles. The number of aromatic nitrogens is 4. The Morgan fingerprint density at radius 2 is 0.500 bits per heavy atom. The third-order valence-electron chi connectivity index (χ3n) is 21.1. The lowest BCUT2D eigenvalue weighted by Gasteiger charge is -2.09. The van der Waals surface area contributed by atoms with E-state index in [2.05, 4.69) is 340 Å². The molecule has 0 aliphatic heterocycles. The Kier molecular flexibility index (Phi) is 15.2. The number of thiophene rings is 2. The SMILES string of the molecule is c1ccc(-c2ccc(-c3cccc4c3sc3c(-c5cccc(-c6cccc(-c7cnc8c(n7)oc7ccc9ccccc9c78)c6)c5)cccc34)cc2)cc1.c1ccc(-c2cccc(-c3cccc4c3sc3c(-c5cccc(-c6cccc(-c7cnc8c(n7)oc7ccc9ccccc9c78)c6)c5)cccc34)c2)cc1. The molecular formula is C100H60N4O2S2. The number of nitrogens with zero attached hydrogens (tertiary/aromatic N) is 4. The maximum atomic E-state index is 6.24. The van der Waals surface area contributed by atoms with Crippen LogP contribution in [-0.2, 0) is 0 Å². The third-order valence-corrected chi connectivity index (χ3v) is 23.7. The van der Waals surface area contributed by atoms with Gasteiger partial charge >= 0.3 is 0 Å². The van der Waals surface area contributed by atoms with Crippen LogP contribution >= 0.6 is 22.7 Å². The van der Waals surface area contributed by atoms with Gasteiger partial charge in [-0.15, -0.1) is 22.7 Å². The van der Waals surface area contributed by atoms with E-state index in [1.165, 1.54) is 107 Å². The van der Waals surface area contributed by atoms with Crippen molar-refractivity contribution in [2.75, 3.05) is 0 Å². The van der Waals surface area contributed by atoms with Crippen LogP contribution in [0.2, 0.25) is 0 Å². The van der Waals surface area contributed by atoms with E-state index in [0.717, 1.165) is 99.3 Å². The fourth-order valence-electron chi connectivity index (χ4n) is 15.8. The molecule has 0 radical (unpaired) electrons. The van der Waals surface area contributed by atoms with E-state index in [1.54, 1.807) is 0 Å². The minimum absolute atomic E-state index is 0.551. The molecule has 22 rings (SSSR count). The first-order valence-corrected chi connectivity index (χ1v) is 37.9. The summed E-state index contributed by atoms with van der Waals surface area (Å²) in [5.74, 6) is 0. The molecule has 504 valence electrons. The van der Waals surface area contributed by atoms with Crippen molar-refractivity contribution in [2.45, 2.75) is 0 Å². The topological polar surface area (TPSA) is 77.8 Å². The van der Waals surface area contributed by atoms with Gasteiger partial charge in [0.2, 0.25) is 11.4 Å². The summed E-state index contributed by atoms with van der Waals surface area (Å²) < 4.78 is 17.7. The molecule has 0 saturated carbocycles. The molecule has 0 amide bonds. The minimum atomic E-state index is 0.551. The molecule has 0 unspecified atom stereocenters. The van der Waals surface area contributed by atoms with Crippen LogP contribution < -0.4 is 0 Å². The van der Waals surface area contributed by atoms with E-state index in [0.29, 0.717) is 11.4 Å². The Labute approximate surface area is 629 Å². The lowest BCUT2D eigenvalue weighted by atomic mass is 9.96. The van der Waals surface area contributed by atoms with Crippen LogP contribution in [-0.4, -0.2) is 19.9 Å². The van der Waals surface area contributed by atoms with E-state index in [-0.39, 0.29) is 0 Å². The molecule has 6 heterocycles. The first kappa shape index (κ1) is 62.8. The lowest BCUT2D eigenvalue weighted by molar-refractivity contribution is 0.653. The van der Waals surface area contributed by atoms with Crippen LogP contribution in [0, 0.1) is 0 Å². The molecule has 0 fully saturated rings. The zero-order valence-electron chi connectivity index (χ0n) is 58.1. The molecule has 22 aromatic rings. The van der Waals surface area contributed by atoms with E-state index < -0.39 is 0 Å². The van der Waals surface area contributed by atoms with Gasteiger partial charge in [0.1, 0.15) is 22.2 Å². The van der Waals surface area contributed by atoms with E-state index in [9.17, 15) is 0 Å². The first-order chi connectivity index (χ1) is 53.5. The predicted octanol–water partition coefficient (Wildman–Crippen LogP) is 28.5. The molecule has 0 saturated heterocycles. The zero-order valence-corrected chi connectivity index (χ0v) is 59.7. The summed E-state index contributed by atoms with van der Waals surface area (Å²) in [5.41, 5.74) is 27.1. The highest BCUT2D eigenvalue weighted by atomic mass is 32.1. The number of hydrogen-bond acceptors (Lipinski definition) is 8. The highest BCUT2D eigenvalue weighted by molar-refractivity contribution is 7.27. The summed E-state index contributed by atoms with van der Waals surface area (Å²) in [6.07, 6.45) is 3.73. The number of furan rings is 2. The average molecular weight is 1410 g/mol. The van der Waals surface area contributed by atoms with Crippen LogP contribution in [0.4, 0.5) is 0 Å². The van der Waals surface area contributed by atoms with Gasteiger partial charge in [0.25, 0.3) is 0 Å². The molecule has 6 nitrogen and oxygen atoms in total. The lowest BCUT2D eigenvalue weighted by Crippen LogP contribution is -1.88. The highest BCUT2D eigenvalue weighted by Crippen LogP contribution is 2.48. The Morgan fingerprint density at radius 3 is 0.907 bits per heavy atom. The minimum Gasteiger partial charge on any atom is -0.436 e. The second-order valence-corrected chi connectivity index (χ2v) is 29.5. The van der Waals surface area contributed by atoms with Gasteiger partial charge in [-0.05, 0) is 153 Å². The van der Waals surface area contributed by atoms with Crippen molar-refractivity contribution in [3.8, 4) is 112 Å². The van der Waals surface area contributed by atoms with Gasteiger partial charge in [0.15, 0.2) is 0 Å². The molecule has 0 bridgehead atoms. The second-order valence-electron chi connectivity index (χ2n) is 27.5. The van der Waals surface area contributed by atoms with Gasteiger partial charge in [0, 0.05) is 51.5 Å². The average Bonchev–Trinajstić information content (AvgIpc) is 1.61. The largest absolute Gasteiger partial charge is 0.436 e.